The highest BCUT2D eigenvalue weighted by molar-refractivity contribution is 7.93. The van der Waals surface area contributed by atoms with Crippen LogP contribution in [0.1, 0.15) is 11.3 Å². The van der Waals surface area contributed by atoms with Gasteiger partial charge >= 0.3 is 6.03 Å². The highest BCUT2D eigenvalue weighted by Crippen LogP contribution is 2.28. The van der Waals surface area contributed by atoms with Crippen molar-refractivity contribution in [3.63, 3.8) is 0 Å². The Hall–Kier alpha value is -2.13. The molecule has 0 bridgehead atoms. The zero-order valence-electron chi connectivity index (χ0n) is 12.7. The first-order valence-electron chi connectivity index (χ1n) is 7.33. The van der Waals surface area contributed by atoms with Crippen LogP contribution in [0.25, 0.3) is 0 Å². The van der Waals surface area contributed by atoms with Crippen molar-refractivity contribution in [3.8, 4) is 0 Å². The third-order valence-electron chi connectivity index (χ3n) is 3.59. The molecule has 2 heterocycles. The summed E-state index contributed by atoms with van der Waals surface area (Å²) in [6.07, 6.45) is 0.532. The van der Waals surface area contributed by atoms with E-state index in [4.69, 9.17) is 0 Å². The second-order valence-corrected chi connectivity index (χ2v) is 8.34. The monoisotopic (exact) mass is 369 g/mol. The van der Waals surface area contributed by atoms with E-state index in [-0.39, 0.29) is 11.4 Å². The molecule has 1 fully saturated rings. The Morgan fingerprint density at radius 2 is 2.17 bits per heavy atom. The maximum absolute atomic E-state index is 13.9. The smallest absolute Gasteiger partial charge is 0.319 e. The lowest BCUT2D eigenvalue weighted by atomic mass is 10.2. The van der Waals surface area contributed by atoms with Crippen molar-refractivity contribution in [1.29, 1.82) is 0 Å². The van der Waals surface area contributed by atoms with Crippen molar-refractivity contribution in [2.45, 2.75) is 13.0 Å². The lowest BCUT2D eigenvalue weighted by molar-refractivity contribution is 0.251. The maximum Gasteiger partial charge on any atom is 0.319 e. The number of thiophene rings is 1. The van der Waals surface area contributed by atoms with E-state index in [1.165, 1.54) is 27.8 Å². The number of benzene rings is 1. The summed E-state index contributed by atoms with van der Waals surface area (Å²) in [6.45, 7) is 0.698. The normalized spacial score (nSPS) is 16.1. The van der Waals surface area contributed by atoms with E-state index >= 15 is 0 Å². The lowest BCUT2D eigenvalue weighted by Gasteiger charge is -2.18. The first kappa shape index (κ1) is 16.7. The van der Waals surface area contributed by atoms with Gasteiger partial charge in [-0.1, -0.05) is 6.07 Å². The number of urea groups is 1. The van der Waals surface area contributed by atoms with Crippen LogP contribution in [0.5, 0.6) is 0 Å². The summed E-state index contributed by atoms with van der Waals surface area (Å²) in [6, 6.07) is 7.08. The van der Waals surface area contributed by atoms with Crippen LogP contribution in [0.2, 0.25) is 0 Å². The van der Waals surface area contributed by atoms with Crippen LogP contribution < -0.4 is 14.9 Å². The molecule has 1 aromatic heterocycles. The largest absolute Gasteiger partial charge is 0.333 e. The van der Waals surface area contributed by atoms with Gasteiger partial charge in [-0.25, -0.2) is 17.6 Å². The summed E-state index contributed by atoms with van der Waals surface area (Å²) < 4.78 is 39.0. The van der Waals surface area contributed by atoms with E-state index in [9.17, 15) is 17.6 Å². The molecule has 1 aliphatic heterocycles. The van der Waals surface area contributed by atoms with E-state index in [0.717, 1.165) is 10.9 Å². The first-order chi connectivity index (χ1) is 11.5. The molecule has 0 unspecified atom stereocenters. The molecule has 2 N–H and O–H groups in total. The Balaban J connectivity index is 1.71. The fourth-order valence-corrected chi connectivity index (χ4v) is 4.64. The minimum atomic E-state index is -3.35. The molecular formula is C15H16FN3O3S2. The van der Waals surface area contributed by atoms with Gasteiger partial charge in [-0.05, 0) is 36.1 Å². The molecule has 0 atom stereocenters. The Kier molecular flexibility index (Phi) is 4.72. The van der Waals surface area contributed by atoms with Crippen LogP contribution in [-0.2, 0) is 16.6 Å². The van der Waals surface area contributed by atoms with Crippen molar-refractivity contribution in [1.82, 2.24) is 5.32 Å². The average Bonchev–Trinajstić information content (AvgIpc) is 3.16. The Morgan fingerprint density at radius 3 is 2.83 bits per heavy atom. The topological polar surface area (TPSA) is 78.5 Å². The number of amides is 2. The van der Waals surface area contributed by atoms with Gasteiger partial charge in [0.05, 0.1) is 23.7 Å². The van der Waals surface area contributed by atoms with E-state index in [0.29, 0.717) is 25.2 Å². The van der Waals surface area contributed by atoms with Gasteiger partial charge in [0.25, 0.3) is 0 Å². The van der Waals surface area contributed by atoms with Crippen molar-refractivity contribution < 1.29 is 17.6 Å². The quantitative estimate of drug-likeness (QED) is 0.870. The number of rotatable bonds is 4. The van der Waals surface area contributed by atoms with Crippen LogP contribution in [0, 0.1) is 5.82 Å². The lowest BCUT2D eigenvalue weighted by Crippen LogP contribution is -2.29. The highest BCUT2D eigenvalue weighted by atomic mass is 32.2. The van der Waals surface area contributed by atoms with Crippen molar-refractivity contribution in [3.05, 3.63) is 46.4 Å². The van der Waals surface area contributed by atoms with E-state index in [1.54, 1.807) is 0 Å². The molecule has 1 saturated heterocycles. The molecule has 9 heteroatoms. The molecule has 0 saturated carbocycles. The molecule has 6 nitrogen and oxygen atoms in total. The van der Waals surface area contributed by atoms with Gasteiger partial charge in [0.2, 0.25) is 10.0 Å². The third-order valence-corrected chi connectivity index (χ3v) is 6.33. The minimum absolute atomic E-state index is 0.0571. The van der Waals surface area contributed by atoms with Crippen LogP contribution in [0.3, 0.4) is 0 Å². The number of halogens is 1. The molecule has 24 heavy (non-hydrogen) atoms. The number of carbonyl (C=O) groups is 1. The van der Waals surface area contributed by atoms with Gasteiger partial charge in [-0.15, -0.1) is 11.3 Å². The molecule has 0 aliphatic carbocycles. The van der Waals surface area contributed by atoms with Gasteiger partial charge in [0.15, 0.2) is 0 Å². The molecule has 1 aliphatic rings. The summed E-state index contributed by atoms with van der Waals surface area (Å²) in [7, 11) is -3.35. The molecule has 2 amide bonds. The Labute approximate surface area is 143 Å². The number of hydrogen-bond donors (Lipinski definition) is 2. The van der Waals surface area contributed by atoms with E-state index in [1.807, 2.05) is 17.5 Å². The van der Waals surface area contributed by atoms with Crippen molar-refractivity contribution >= 4 is 38.8 Å². The standard InChI is InChI=1S/C15H16FN3O3S2/c16-13-5-4-11(19-6-2-8-24(19,21)22)9-14(13)18-15(20)17-10-12-3-1-7-23-12/h1,3-5,7,9H,2,6,8,10H2,(H2,17,18,20). The molecule has 0 spiro atoms. The van der Waals surface area contributed by atoms with Gasteiger partial charge in [0.1, 0.15) is 5.82 Å². The number of carbonyl (C=O) groups excluding carboxylic acids is 1. The summed E-state index contributed by atoms with van der Waals surface area (Å²) >= 11 is 1.50. The van der Waals surface area contributed by atoms with Gasteiger partial charge in [-0.2, -0.15) is 0 Å². The maximum atomic E-state index is 13.9. The van der Waals surface area contributed by atoms with E-state index in [2.05, 4.69) is 10.6 Å². The van der Waals surface area contributed by atoms with Crippen LogP contribution in [0.15, 0.2) is 35.7 Å². The zero-order valence-corrected chi connectivity index (χ0v) is 14.3. The minimum Gasteiger partial charge on any atom is -0.333 e. The van der Waals surface area contributed by atoms with Gasteiger partial charge in [0, 0.05) is 11.4 Å². The number of sulfonamides is 1. The summed E-state index contributed by atoms with van der Waals surface area (Å²) in [4.78, 5) is 12.9. The molecule has 3 rings (SSSR count). The summed E-state index contributed by atoms with van der Waals surface area (Å²) in [5.74, 6) is -0.546. The summed E-state index contributed by atoms with van der Waals surface area (Å²) in [5, 5.41) is 6.95. The number of anilines is 2. The number of nitrogens with zero attached hydrogens (tertiary/aromatic N) is 1. The molecular weight excluding hydrogens is 353 g/mol. The summed E-state index contributed by atoms with van der Waals surface area (Å²) in [5.41, 5.74) is 0.292. The molecule has 128 valence electrons. The third kappa shape index (κ3) is 3.68. The van der Waals surface area contributed by atoms with Crippen LogP contribution in [0.4, 0.5) is 20.6 Å². The zero-order chi connectivity index (χ0) is 17.2. The molecule has 2 aromatic rings. The second-order valence-electron chi connectivity index (χ2n) is 5.29. The highest BCUT2D eigenvalue weighted by Gasteiger charge is 2.28. The van der Waals surface area contributed by atoms with Gasteiger partial charge < -0.3 is 10.6 Å². The fraction of sp³-hybridized carbons (Fsp3) is 0.267. The van der Waals surface area contributed by atoms with E-state index < -0.39 is 21.9 Å². The first-order valence-corrected chi connectivity index (χ1v) is 9.82. The average molecular weight is 369 g/mol. The Bertz CT molecular complexity index is 838. The predicted octanol–water partition coefficient (Wildman–Crippen LogP) is 2.75. The molecule has 1 aromatic carbocycles. The predicted molar refractivity (Wildman–Crippen MR) is 92.3 cm³/mol. The number of nitrogens with one attached hydrogen (secondary N) is 2. The van der Waals surface area contributed by atoms with Crippen molar-refractivity contribution in [2.24, 2.45) is 0 Å². The second kappa shape index (κ2) is 6.78. The number of hydrogen-bond acceptors (Lipinski definition) is 4. The SMILES string of the molecule is O=C(NCc1cccs1)Nc1cc(N2CCCS2(=O)=O)ccc1F. The van der Waals surface area contributed by atoms with Crippen LogP contribution in [-0.4, -0.2) is 26.7 Å². The van der Waals surface area contributed by atoms with Gasteiger partial charge in [-0.3, -0.25) is 4.31 Å². The van der Waals surface area contributed by atoms with Crippen molar-refractivity contribution in [2.75, 3.05) is 21.9 Å². The fourth-order valence-electron chi connectivity index (χ4n) is 2.44. The van der Waals surface area contributed by atoms with Crippen LogP contribution >= 0.6 is 11.3 Å². The Morgan fingerprint density at radius 1 is 1.33 bits per heavy atom. The molecule has 0 radical (unpaired) electrons.